The number of halogens is 2. The molecule has 164 valence electrons. The second-order valence-corrected chi connectivity index (χ2v) is 7.23. The molecule has 0 radical (unpaired) electrons. The number of carbonyl (C=O) groups excluding carboxylic acids is 1. The van der Waals surface area contributed by atoms with Gasteiger partial charge in [0.2, 0.25) is 5.91 Å². The number of carbonyl (C=O) groups is 1. The van der Waals surface area contributed by atoms with Crippen LogP contribution < -0.4 is 5.32 Å². The lowest BCUT2D eigenvalue weighted by atomic mass is 10.1. The number of oxazole rings is 1. The topological polar surface area (TPSA) is 58.4 Å². The van der Waals surface area contributed by atoms with Crippen molar-refractivity contribution >= 4 is 5.91 Å². The molecule has 0 fully saturated rings. The Kier molecular flexibility index (Phi) is 7.89. The zero-order chi connectivity index (χ0) is 22.2. The van der Waals surface area contributed by atoms with Crippen molar-refractivity contribution in [3.8, 4) is 11.3 Å². The molecular weight excluding hydrogens is 400 g/mol. The minimum absolute atomic E-state index is 0.00898. The van der Waals surface area contributed by atoms with E-state index in [1.165, 1.54) is 12.3 Å². The standard InChI is InChI=1S/C24H27F2N3O2/c1-3-29(4-2)16-20(17-9-6-5-7-10-17)28-22(30)13-14-23-27-15-21(31-23)24-18(25)11-8-12-19(24)26/h5-12,15,20H,3-4,13-14,16H2,1-2H3,(H,28,30)/t20-/m1/s1. The molecule has 0 aliphatic carbocycles. The van der Waals surface area contributed by atoms with E-state index in [0.717, 1.165) is 30.8 Å². The summed E-state index contributed by atoms with van der Waals surface area (Å²) in [7, 11) is 0. The Hall–Kier alpha value is -3.06. The molecule has 1 atom stereocenters. The van der Waals surface area contributed by atoms with Gasteiger partial charge in [-0.1, -0.05) is 50.2 Å². The number of aromatic nitrogens is 1. The van der Waals surface area contributed by atoms with Crippen molar-refractivity contribution in [3.63, 3.8) is 0 Å². The van der Waals surface area contributed by atoms with Crippen LogP contribution in [0.4, 0.5) is 8.78 Å². The molecule has 0 spiro atoms. The number of likely N-dealkylation sites (N-methyl/N-ethyl adjacent to an activating group) is 1. The van der Waals surface area contributed by atoms with Crippen LogP contribution in [0.3, 0.4) is 0 Å². The molecular formula is C24H27F2N3O2. The molecule has 1 aromatic heterocycles. The van der Waals surface area contributed by atoms with Crippen LogP contribution in [0.5, 0.6) is 0 Å². The normalized spacial score (nSPS) is 12.2. The first-order valence-corrected chi connectivity index (χ1v) is 10.5. The second kappa shape index (κ2) is 10.8. The van der Waals surface area contributed by atoms with Crippen molar-refractivity contribution in [1.82, 2.24) is 15.2 Å². The number of nitrogens with one attached hydrogen (secondary N) is 1. The summed E-state index contributed by atoms with van der Waals surface area (Å²) in [5.74, 6) is -1.31. The molecule has 1 heterocycles. The Morgan fingerprint density at radius 2 is 1.74 bits per heavy atom. The Morgan fingerprint density at radius 1 is 1.06 bits per heavy atom. The predicted molar refractivity (Wildman–Crippen MR) is 115 cm³/mol. The van der Waals surface area contributed by atoms with Gasteiger partial charge in [0.1, 0.15) is 11.6 Å². The van der Waals surface area contributed by atoms with Crippen LogP contribution in [0.1, 0.15) is 37.8 Å². The summed E-state index contributed by atoms with van der Waals surface area (Å²) >= 11 is 0. The van der Waals surface area contributed by atoms with Crippen LogP contribution in [0.25, 0.3) is 11.3 Å². The number of nitrogens with zero attached hydrogens (tertiary/aromatic N) is 2. The summed E-state index contributed by atoms with van der Waals surface area (Å²) in [6.07, 6.45) is 1.66. The summed E-state index contributed by atoms with van der Waals surface area (Å²) in [5, 5.41) is 3.09. The van der Waals surface area contributed by atoms with Crippen LogP contribution >= 0.6 is 0 Å². The van der Waals surface area contributed by atoms with E-state index in [-0.39, 0.29) is 42.0 Å². The van der Waals surface area contributed by atoms with Crippen molar-refractivity contribution in [2.24, 2.45) is 0 Å². The fourth-order valence-electron chi connectivity index (χ4n) is 3.42. The fraction of sp³-hybridized carbons (Fsp3) is 0.333. The van der Waals surface area contributed by atoms with Gasteiger partial charge in [-0.05, 0) is 30.8 Å². The van der Waals surface area contributed by atoms with Gasteiger partial charge >= 0.3 is 0 Å². The second-order valence-electron chi connectivity index (χ2n) is 7.23. The van der Waals surface area contributed by atoms with Gasteiger partial charge in [-0.3, -0.25) is 4.79 Å². The number of hydrogen-bond donors (Lipinski definition) is 1. The lowest BCUT2D eigenvalue weighted by molar-refractivity contribution is -0.122. The van der Waals surface area contributed by atoms with Crippen LogP contribution in [0.15, 0.2) is 59.1 Å². The highest BCUT2D eigenvalue weighted by Crippen LogP contribution is 2.26. The Bertz CT molecular complexity index is 967. The third-order valence-electron chi connectivity index (χ3n) is 5.20. The summed E-state index contributed by atoms with van der Waals surface area (Å²) in [4.78, 5) is 18.9. The SMILES string of the molecule is CCN(CC)C[C@@H](NC(=O)CCc1ncc(-c2c(F)cccc2F)o1)c1ccccc1. The van der Waals surface area contributed by atoms with Crippen molar-refractivity contribution in [3.05, 3.63) is 77.8 Å². The molecule has 0 saturated heterocycles. The number of amides is 1. The first-order valence-electron chi connectivity index (χ1n) is 10.5. The quantitative estimate of drug-likeness (QED) is 0.507. The zero-order valence-corrected chi connectivity index (χ0v) is 17.8. The van der Waals surface area contributed by atoms with Crippen molar-refractivity contribution in [1.29, 1.82) is 0 Å². The third-order valence-corrected chi connectivity index (χ3v) is 5.20. The third kappa shape index (κ3) is 5.98. The number of aryl methyl sites for hydroxylation is 1. The van der Waals surface area contributed by atoms with Crippen LogP contribution in [-0.2, 0) is 11.2 Å². The maximum atomic E-state index is 13.9. The first-order chi connectivity index (χ1) is 15.0. The Morgan fingerprint density at radius 3 is 2.39 bits per heavy atom. The molecule has 0 unspecified atom stereocenters. The van der Waals surface area contributed by atoms with Crippen LogP contribution in [-0.4, -0.2) is 35.4 Å². The van der Waals surface area contributed by atoms with E-state index < -0.39 is 11.6 Å². The average Bonchev–Trinajstić information content (AvgIpc) is 3.24. The summed E-state index contributed by atoms with van der Waals surface area (Å²) < 4.78 is 33.4. The van der Waals surface area contributed by atoms with Gasteiger partial charge in [0, 0.05) is 19.4 Å². The van der Waals surface area contributed by atoms with Gasteiger partial charge in [-0.25, -0.2) is 13.8 Å². The molecule has 31 heavy (non-hydrogen) atoms. The maximum Gasteiger partial charge on any atom is 0.221 e. The van der Waals surface area contributed by atoms with Crippen molar-refractivity contribution < 1.29 is 18.0 Å². The van der Waals surface area contributed by atoms with Gasteiger partial charge in [0.15, 0.2) is 11.7 Å². The Labute approximate surface area is 181 Å². The highest BCUT2D eigenvalue weighted by atomic mass is 19.1. The Balaban J connectivity index is 1.63. The molecule has 3 aromatic rings. The molecule has 3 rings (SSSR count). The smallest absolute Gasteiger partial charge is 0.221 e. The summed E-state index contributed by atoms with van der Waals surface area (Å²) in [6, 6.07) is 13.3. The molecule has 7 heteroatoms. The van der Waals surface area contributed by atoms with Crippen LogP contribution in [0.2, 0.25) is 0 Å². The molecule has 1 N–H and O–H groups in total. The molecule has 0 bridgehead atoms. The van der Waals surface area contributed by atoms with Gasteiger partial charge in [-0.2, -0.15) is 0 Å². The van der Waals surface area contributed by atoms with E-state index in [1.807, 2.05) is 30.3 Å². The minimum Gasteiger partial charge on any atom is -0.441 e. The van der Waals surface area contributed by atoms with E-state index in [2.05, 4.69) is 29.0 Å². The van der Waals surface area contributed by atoms with Gasteiger partial charge in [-0.15, -0.1) is 0 Å². The monoisotopic (exact) mass is 427 g/mol. The minimum atomic E-state index is -0.720. The van der Waals surface area contributed by atoms with E-state index in [1.54, 1.807) is 0 Å². The van der Waals surface area contributed by atoms with E-state index in [4.69, 9.17) is 4.42 Å². The van der Waals surface area contributed by atoms with Crippen molar-refractivity contribution in [2.45, 2.75) is 32.7 Å². The van der Waals surface area contributed by atoms with Gasteiger partial charge in [0.05, 0.1) is 17.8 Å². The molecule has 0 saturated carbocycles. The van der Waals surface area contributed by atoms with Crippen LogP contribution in [0, 0.1) is 11.6 Å². The van der Waals surface area contributed by atoms with E-state index in [0.29, 0.717) is 6.54 Å². The largest absolute Gasteiger partial charge is 0.441 e. The fourth-order valence-corrected chi connectivity index (χ4v) is 3.42. The lowest BCUT2D eigenvalue weighted by Crippen LogP contribution is -2.38. The summed E-state index contributed by atoms with van der Waals surface area (Å²) in [6.45, 7) is 6.67. The molecule has 2 aromatic carbocycles. The van der Waals surface area contributed by atoms with Gasteiger partial charge in [0.25, 0.3) is 0 Å². The number of rotatable bonds is 10. The maximum absolute atomic E-state index is 13.9. The predicted octanol–water partition coefficient (Wildman–Crippen LogP) is 4.75. The highest BCUT2D eigenvalue weighted by molar-refractivity contribution is 5.76. The van der Waals surface area contributed by atoms with Crippen molar-refractivity contribution in [2.75, 3.05) is 19.6 Å². The zero-order valence-electron chi connectivity index (χ0n) is 17.8. The molecule has 0 aliphatic heterocycles. The summed E-state index contributed by atoms with van der Waals surface area (Å²) in [5.41, 5.74) is 0.783. The van der Waals surface area contributed by atoms with Gasteiger partial charge < -0.3 is 14.6 Å². The highest BCUT2D eigenvalue weighted by Gasteiger charge is 2.19. The number of hydrogen-bond acceptors (Lipinski definition) is 4. The molecule has 0 aliphatic rings. The molecule has 5 nitrogen and oxygen atoms in total. The van der Waals surface area contributed by atoms with E-state index >= 15 is 0 Å². The average molecular weight is 427 g/mol. The first kappa shape index (κ1) is 22.6. The molecule has 1 amide bonds. The van der Waals surface area contributed by atoms with E-state index in [9.17, 15) is 13.6 Å². The number of benzene rings is 2. The lowest BCUT2D eigenvalue weighted by Gasteiger charge is -2.26.